The molecule has 1 fully saturated rings. The fourth-order valence-electron chi connectivity index (χ4n) is 2.12. The smallest absolute Gasteiger partial charge is 0.243 e. The zero-order valence-corrected chi connectivity index (χ0v) is 11.6. The molecule has 1 N–H and O–H groups in total. The van der Waals surface area contributed by atoms with Crippen molar-refractivity contribution in [3.63, 3.8) is 0 Å². The summed E-state index contributed by atoms with van der Waals surface area (Å²) < 4.78 is 5.56. The summed E-state index contributed by atoms with van der Waals surface area (Å²) in [7, 11) is 0. The number of carbonyl (C=O) groups excluding carboxylic acids is 1. The van der Waals surface area contributed by atoms with Gasteiger partial charge in [-0.3, -0.25) is 4.79 Å². The minimum atomic E-state index is 0.0136. The van der Waals surface area contributed by atoms with Gasteiger partial charge in [-0.2, -0.15) is 0 Å². The van der Waals surface area contributed by atoms with E-state index in [1.165, 1.54) is 32.1 Å². The van der Waals surface area contributed by atoms with Crippen molar-refractivity contribution < 1.29 is 9.53 Å². The minimum Gasteiger partial charge on any atom is -0.376 e. The second-order valence-corrected chi connectivity index (χ2v) is 4.99. The van der Waals surface area contributed by atoms with E-state index >= 15 is 0 Å². The van der Waals surface area contributed by atoms with Gasteiger partial charge in [0, 0.05) is 13.2 Å². The highest BCUT2D eigenvalue weighted by Gasteiger charge is 2.13. The first-order chi connectivity index (χ1) is 8.83. The van der Waals surface area contributed by atoms with Crippen molar-refractivity contribution in [2.45, 2.75) is 64.4 Å². The molecule has 0 aliphatic carbocycles. The SMILES string of the molecule is CCCCCC/C=C/C(=O)NCC1CCCCO1. The molecule has 0 aromatic carbocycles. The van der Waals surface area contributed by atoms with E-state index in [4.69, 9.17) is 4.74 Å². The highest BCUT2D eigenvalue weighted by Crippen LogP contribution is 2.11. The van der Waals surface area contributed by atoms with Crippen LogP contribution in [-0.4, -0.2) is 25.2 Å². The van der Waals surface area contributed by atoms with E-state index in [0.717, 1.165) is 25.9 Å². The number of nitrogens with one attached hydrogen (secondary N) is 1. The summed E-state index contributed by atoms with van der Waals surface area (Å²) in [6, 6.07) is 0. The Balaban J connectivity index is 2.00. The van der Waals surface area contributed by atoms with E-state index < -0.39 is 0 Å². The highest BCUT2D eigenvalue weighted by atomic mass is 16.5. The molecule has 1 unspecified atom stereocenters. The number of unbranched alkanes of at least 4 members (excludes halogenated alkanes) is 4. The first-order valence-corrected chi connectivity index (χ1v) is 7.39. The van der Waals surface area contributed by atoms with E-state index in [1.807, 2.05) is 6.08 Å². The number of hydrogen-bond donors (Lipinski definition) is 1. The van der Waals surface area contributed by atoms with Crippen LogP contribution in [-0.2, 0) is 9.53 Å². The molecule has 3 nitrogen and oxygen atoms in total. The van der Waals surface area contributed by atoms with E-state index in [9.17, 15) is 4.79 Å². The lowest BCUT2D eigenvalue weighted by molar-refractivity contribution is -0.117. The summed E-state index contributed by atoms with van der Waals surface area (Å²) >= 11 is 0. The van der Waals surface area contributed by atoms with Crippen LogP contribution in [0.3, 0.4) is 0 Å². The van der Waals surface area contributed by atoms with Gasteiger partial charge in [-0.25, -0.2) is 0 Å². The quantitative estimate of drug-likeness (QED) is 0.533. The summed E-state index contributed by atoms with van der Waals surface area (Å²) in [5.74, 6) is 0.0136. The Labute approximate surface area is 111 Å². The van der Waals surface area contributed by atoms with Crippen LogP contribution in [0.1, 0.15) is 58.3 Å². The fourth-order valence-corrected chi connectivity index (χ4v) is 2.12. The molecule has 1 atom stereocenters. The molecular weight excluding hydrogens is 226 g/mol. The number of amides is 1. The molecule has 0 aromatic heterocycles. The van der Waals surface area contributed by atoms with Crippen LogP contribution < -0.4 is 5.32 Å². The van der Waals surface area contributed by atoms with Gasteiger partial charge < -0.3 is 10.1 Å². The van der Waals surface area contributed by atoms with Gasteiger partial charge in [0.1, 0.15) is 0 Å². The summed E-state index contributed by atoms with van der Waals surface area (Å²) in [4.78, 5) is 11.5. The Morgan fingerprint density at radius 3 is 2.94 bits per heavy atom. The topological polar surface area (TPSA) is 38.3 Å². The maximum Gasteiger partial charge on any atom is 0.243 e. The van der Waals surface area contributed by atoms with E-state index in [2.05, 4.69) is 12.2 Å². The van der Waals surface area contributed by atoms with Gasteiger partial charge in [-0.05, 0) is 38.2 Å². The second kappa shape index (κ2) is 10.1. The lowest BCUT2D eigenvalue weighted by Gasteiger charge is -2.22. The Kier molecular flexibility index (Phi) is 8.57. The predicted octanol–water partition coefficient (Wildman–Crippen LogP) is 3.20. The molecule has 0 saturated carbocycles. The predicted molar refractivity (Wildman–Crippen MR) is 74.5 cm³/mol. The largest absolute Gasteiger partial charge is 0.376 e. The highest BCUT2D eigenvalue weighted by molar-refractivity contribution is 5.87. The van der Waals surface area contributed by atoms with Crippen molar-refractivity contribution in [2.75, 3.05) is 13.2 Å². The molecule has 0 bridgehead atoms. The number of hydrogen-bond acceptors (Lipinski definition) is 2. The molecule has 1 rings (SSSR count). The molecule has 1 amide bonds. The molecule has 0 spiro atoms. The van der Waals surface area contributed by atoms with Crippen molar-refractivity contribution in [3.8, 4) is 0 Å². The molecule has 0 radical (unpaired) electrons. The summed E-state index contributed by atoms with van der Waals surface area (Å²) in [6.07, 6.45) is 13.3. The van der Waals surface area contributed by atoms with Gasteiger partial charge >= 0.3 is 0 Å². The van der Waals surface area contributed by atoms with Crippen LogP contribution in [0.2, 0.25) is 0 Å². The monoisotopic (exact) mass is 253 g/mol. The van der Waals surface area contributed by atoms with Crippen molar-refractivity contribution in [2.24, 2.45) is 0 Å². The average molecular weight is 253 g/mol. The second-order valence-electron chi connectivity index (χ2n) is 4.99. The maximum atomic E-state index is 11.5. The molecule has 1 aliphatic heterocycles. The van der Waals surface area contributed by atoms with Crippen LogP contribution in [0.15, 0.2) is 12.2 Å². The lowest BCUT2D eigenvalue weighted by Crippen LogP contribution is -2.34. The van der Waals surface area contributed by atoms with Crippen LogP contribution in [0.25, 0.3) is 0 Å². The van der Waals surface area contributed by atoms with E-state index in [0.29, 0.717) is 6.54 Å². The third-order valence-electron chi connectivity index (χ3n) is 3.27. The van der Waals surface area contributed by atoms with Gasteiger partial charge in [0.15, 0.2) is 0 Å². The van der Waals surface area contributed by atoms with Gasteiger partial charge in [-0.15, -0.1) is 0 Å². The summed E-state index contributed by atoms with van der Waals surface area (Å²) in [5.41, 5.74) is 0. The zero-order valence-electron chi connectivity index (χ0n) is 11.6. The fraction of sp³-hybridized carbons (Fsp3) is 0.800. The Morgan fingerprint density at radius 1 is 1.33 bits per heavy atom. The molecule has 1 heterocycles. The molecule has 104 valence electrons. The van der Waals surface area contributed by atoms with Crippen LogP contribution in [0.5, 0.6) is 0 Å². The van der Waals surface area contributed by atoms with Crippen molar-refractivity contribution in [3.05, 3.63) is 12.2 Å². The van der Waals surface area contributed by atoms with Crippen LogP contribution >= 0.6 is 0 Å². The van der Waals surface area contributed by atoms with Crippen LogP contribution in [0.4, 0.5) is 0 Å². The number of carbonyl (C=O) groups is 1. The van der Waals surface area contributed by atoms with Gasteiger partial charge in [0.2, 0.25) is 5.91 Å². The third kappa shape index (κ3) is 7.49. The first-order valence-electron chi connectivity index (χ1n) is 7.39. The molecule has 1 aliphatic rings. The first kappa shape index (κ1) is 15.2. The zero-order chi connectivity index (χ0) is 13.1. The lowest BCUT2D eigenvalue weighted by atomic mass is 10.1. The minimum absolute atomic E-state index is 0.0136. The molecular formula is C15H27NO2. The van der Waals surface area contributed by atoms with Gasteiger partial charge in [0.25, 0.3) is 0 Å². The number of rotatable bonds is 8. The molecule has 0 aromatic rings. The summed E-state index contributed by atoms with van der Waals surface area (Å²) in [6.45, 7) is 3.70. The van der Waals surface area contributed by atoms with E-state index in [-0.39, 0.29) is 12.0 Å². The van der Waals surface area contributed by atoms with Crippen molar-refractivity contribution in [1.29, 1.82) is 0 Å². The molecule has 18 heavy (non-hydrogen) atoms. The average Bonchev–Trinajstić information content (AvgIpc) is 2.41. The van der Waals surface area contributed by atoms with Gasteiger partial charge in [-0.1, -0.05) is 32.3 Å². The van der Waals surface area contributed by atoms with Crippen molar-refractivity contribution in [1.82, 2.24) is 5.32 Å². The maximum absolute atomic E-state index is 11.5. The Morgan fingerprint density at radius 2 is 2.22 bits per heavy atom. The molecule has 1 saturated heterocycles. The van der Waals surface area contributed by atoms with Gasteiger partial charge in [0.05, 0.1) is 6.10 Å². The van der Waals surface area contributed by atoms with Crippen molar-refractivity contribution >= 4 is 5.91 Å². The third-order valence-corrected chi connectivity index (χ3v) is 3.27. The van der Waals surface area contributed by atoms with E-state index in [1.54, 1.807) is 6.08 Å². The number of allylic oxidation sites excluding steroid dienone is 1. The normalized spacial score (nSPS) is 20.2. The molecule has 3 heteroatoms. The summed E-state index contributed by atoms with van der Waals surface area (Å²) in [5, 5.41) is 2.90. The Bertz CT molecular complexity index is 245. The Hall–Kier alpha value is -0.830. The standard InChI is InChI=1S/C15H27NO2/c1-2-3-4-5-6-7-11-15(17)16-13-14-10-8-9-12-18-14/h7,11,14H,2-6,8-10,12-13H2,1H3,(H,16,17)/b11-7+. The number of ether oxygens (including phenoxy) is 1. The van der Waals surface area contributed by atoms with Crippen LogP contribution in [0, 0.1) is 0 Å².